The van der Waals surface area contributed by atoms with Crippen molar-refractivity contribution in [2.75, 3.05) is 5.32 Å². The lowest BCUT2D eigenvalue weighted by atomic mass is 10.0. The number of benzene rings is 1. The highest BCUT2D eigenvalue weighted by Gasteiger charge is 2.21. The van der Waals surface area contributed by atoms with Gasteiger partial charge in [0, 0.05) is 20.3 Å². The number of anilines is 1. The molecule has 1 amide bonds. The molecule has 2 rings (SSSR count). The maximum atomic E-state index is 13.2. The first-order valence-electron chi connectivity index (χ1n) is 9.12. The van der Waals surface area contributed by atoms with E-state index in [9.17, 15) is 4.79 Å². The van der Waals surface area contributed by atoms with E-state index in [1.807, 2.05) is 13.8 Å². The molecule has 2 aromatic rings. The standard InChI is InChI=1S/C21H26Br2N2O/c1-6-9-17-12(4)24-13(5)18(19(17)23)21(26)25-20-14(7-2)10-16(22)11-15(20)8-3/h10-11H,6-9H2,1-5H3,(H,25,26). The summed E-state index contributed by atoms with van der Waals surface area (Å²) < 4.78 is 1.92. The number of rotatable bonds is 6. The van der Waals surface area contributed by atoms with Crippen LogP contribution in [0.5, 0.6) is 0 Å². The van der Waals surface area contributed by atoms with Crippen molar-refractivity contribution in [2.45, 2.75) is 60.3 Å². The first-order valence-corrected chi connectivity index (χ1v) is 10.7. The van der Waals surface area contributed by atoms with Crippen molar-refractivity contribution in [2.24, 2.45) is 0 Å². The minimum absolute atomic E-state index is 0.106. The lowest BCUT2D eigenvalue weighted by Crippen LogP contribution is -2.19. The van der Waals surface area contributed by atoms with Gasteiger partial charge in [0.1, 0.15) is 0 Å². The fourth-order valence-electron chi connectivity index (χ4n) is 3.27. The van der Waals surface area contributed by atoms with Gasteiger partial charge in [0.05, 0.1) is 11.3 Å². The van der Waals surface area contributed by atoms with Crippen LogP contribution in [0.4, 0.5) is 5.69 Å². The van der Waals surface area contributed by atoms with E-state index in [4.69, 9.17) is 0 Å². The molecule has 0 radical (unpaired) electrons. The van der Waals surface area contributed by atoms with Gasteiger partial charge in [0.15, 0.2) is 0 Å². The molecule has 3 nitrogen and oxygen atoms in total. The van der Waals surface area contributed by atoms with Crippen LogP contribution in [0.25, 0.3) is 0 Å². The van der Waals surface area contributed by atoms with Gasteiger partial charge >= 0.3 is 0 Å². The predicted molar refractivity (Wildman–Crippen MR) is 116 cm³/mol. The topological polar surface area (TPSA) is 42.0 Å². The molecule has 0 saturated carbocycles. The summed E-state index contributed by atoms with van der Waals surface area (Å²) in [5.74, 6) is -0.106. The Kier molecular flexibility index (Phi) is 7.42. The highest BCUT2D eigenvalue weighted by Crippen LogP contribution is 2.31. The number of aromatic nitrogens is 1. The molecular weight excluding hydrogens is 456 g/mol. The molecule has 0 aliphatic rings. The predicted octanol–water partition coefficient (Wildman–Crippen LogP) is 6.55. The molecule has 1 heterocycles. The van der Waals surface area contributed by atoms with Crippen molar-refractivity contribution in [1.82, 2.24) is 4.98 Å². The summed E-state index contributed by atoms with van der Waals surface area (Å²) in [7, 11) is 0. The minimum Gasteiger partial charge on any atom is -0.321 e. The molecule has 0 bridgehead atoms. The summed E-state index contributed by atoms with van der Waals surface area (Å²) in [5, 5.41) is 3.17. The Morgan fingerprint density at radius 3 is 2.12 bits per heavy atom. The Balaban J connectivity index is 2.51. The largest absolute Gasteiger partial charge is 0.321 e. The van der Waals surface area contributed by atoms with Crippen LogP contribution in [0.1, 0.15) is 65.6 Å². The maximum Gasteiger partial charge on any atom is 0.258 e. The number of halogens is 2. The monoisotopic (exact) mass is 480 g/mol. The van der Waals surface area contributed by atoms with E-state index in [0.717, 1.165) is 68.4 Å². The second-order valence-corrected chi connectivity index (χ2v) is 8.17. The zero-order chi connectivity index (χ0) is 19.4. The quantitative estimate of drug-likeness (QED) is 0.507. The normalized spacial score (nSPS) is 10.9. The summed E-state index contributed by atoms with van der Waals surface area (Å²) in [6.07, 6.45) is 3.63. The number of carbonyl (C=O) groups is 1. The number of hydrogen-bond donors (Lipinski definition) is 1. The van der Waals surface area contributed by atoms with Gasteiger partial charge in [-0.1, -0.05) is 43.1 Å². The van der Waals surface area contributed by atoms with Crippen molar-refractivity contribution in [3.63, 3.8) is 0 Å². The molecule has 26 heavy (non-hydrogen) atoms. The fraction of sp³-hybridized carbons (Fsp3) is 0.429. The lowest BCUT2D eigenvalue weighted by Gasteiger charge is -2.18. The van der Waals surface area contributed by atoms with Crippen molar-refractivity contribution in [3.05, 3.63) is 54.7 Å². The molecule has 0 saturated heterocycles. The van der Waals surface area contributed by atoms with E-state index >= 15 is 0 Å². The maximum absolute atomic E-state index is 13.2. The van der Waals surface area contributed by atoms with Gasteiger partial charge in [0.2, 0.25) is 0 Å². The Bertz CT molecular complexity index is 806. The van der Waals surface area contributed by atoms with E-state index in [2.05, 4.69) is 75.1 Å². The summed E-state index contributed by atoms with van der Waals surface area (Å²) in [4.78, 5) is 17.8. The second kappa shape index (κ2) is 9.14. The zero-order valence-corrected chi connectivity index (χ0v) is 19.3. The Morgan fingerprint density at radius 1 is 1.04 bits per heavy atom. The summed E-state index contributed by atoms with van der Waals surface area (Å²) in [5.41, 5.74) is 6.67. The van der Waals surface area contributed by atoms with Gasteiger partial charge in [-0.25, -0.2) is 0 Å². The first-order chi connectivity index (χ1) is 12.3. The first kappa shape index (κ1) is 21.1. The highest BCUT2D eigenvalue weighted by atomic mass is 79.9. The number of amides is 1. The summed E-state index contributed by atoms with van der Waals surface area (Å²) in [6.45, 7) is 10.2. The van der Waals surface area contributed by atoms with Crippen LogP contribution in [0.15, 0.2) is 21.1 Å². The van der Waals surface area contributed by atoms with Gasteiger partial charge in [-0.2, -0.15) is 0 Å². The van der Waals surface area contributed by atoms with Crippen LogP contribution in [-0.2, 0) is 19.3 Å². The van der Waals surface area contributed by atoms with E-state index in [-0.39, 0.29) is 5.91 Å². The molecule has 0 aliphatic carbocycles. The molecule has 0 atom stereocenters. The Labute approximate surface area is 173 Å². The molecule has 0 spiro atoms. The number of pyridine rings is 1. The second-order valence-electron chi connectivity index (χ2n) is 6.46. The molecule has 1 aromatic carbocycles. The van der Waals surface area contributed by atoms with Crippen LogP contribution in [-0.4, -0.2) is 10.9 Å². The fourth-order valence-corrected chi connectivity index (χ4v) is 4.77. The molecular formula is C21H26Br2N2O. The molecule has 0 aliphatic heterocycles. The molecule has 1 N–H and O–H groups in total. The lowest BCUT2D eigenvalue weighted by molar-refractivity contribution is 0.102. The highest BCUT2D eigenvalue weighted by molar-refractivity contribution is 9.10. The van der Waals surface area contributed by atoms with Crippen LogP contribution < -0.4 is 5.32 Å². The summed E-state index contributed by atoms with van der Waals surface area (Å²) in [6, 6.07) is 4.15. The smallest absolute Gasteiger partial charge is 0.258 e. The average Bonchev–Trinajstić information content (AvgIpc) is 2.59. The number of nitrogens with one attached hydrogen (secondary N) is 1. The molecule has 0 unspecified atom stereocenters. The van der Waals surface area contributed by atoms with E-state index < -0.39 is 0 Å². The van der Waals surface area contributed by atoms with Crippen LogP contribution >= 0.6 is 31.9 Å². The van der Waals surface area contributed by atoms with Gasteiger partial charge in [-0.05, 0) is 77.9 Å². The van der Waals surface area contributed by atoms with Gasteiger partial charge < -0.3 is 5.32 Å². The van der Waals surface area contributed by atoms with E-state index in [1.54, 1.807) is 0 Å². The summed E-state index contributed by atoms with van der Waals surface area (Å²) >= 11 is 7.24. The minimum atomic E-state index is -0.106. The molecule has 140 valence electrons. The third kappa shape index (κ3) is 4.37. The van der Waals surface area contributed by atoms with Crippen molar-refractivity contribution < 1.29 is 4.79 Å². The van der Waals surface area contributed by atoms with Crippen molar-refractivity contribution in [1.29, 1.82) is 0 Å². The third-order valence-corrected chi connectivity index (χ3v) is 5.95. The van der Waals surface area contributed by atoms with Gasteiger partial charge in [-0.3, -0.25) is 9.78 Å². The number of carbonyl (C=O) groups excluding carboxylic acids is 1. The van der Waals surface area contributed by atoms with Crippen LogP contribution in [0.2, 0.25) is 0 Å². The van der Waals surface area contributed by atoms with Crippen LogP contribution in [0.3, 0.4) is 0 Å². The van der Waals surface area contributed by atoms with Gasteiger partial charge in [-0.15, -0.1) is 0 Å². The van der Waals surface area contributed by atoms with Gasteiger partial charge in [0.25, 0.3) is 5.91 Å². The van der Waals surface area contributed by atoms with E-state index in [1.165, 1.54) is 0 Å². The van der Waals surface area contributed by atoms with Crippen molar-refractivity contribution >= 4 is 43.5 Å². The molecule has 0 fully saturated rings. The zero-order valence-electron chi connectivity index (χ0n) is 16.1. The number of hydrogen-bond acceptors (Lipinski definition) is 2. The number of aryl methyl sites for hydroxylation is 4. The number of nitrogens with zero attached hydrogens (tertiary/aromatic N) is 1. The average molecular weight is 482 g/mol. The SMILES string of the molecule is CCCc1c(C)nc(C)c(C(=O)Nc2c(CC)cc(Br)cc2CC)c1Br. The van der Waals surface area contributed by atoms with Crippen LogP contribution in [0, 0.1) is 13.8 Å². The third-order valence-electron chi connectivity index (χ3n) is 4.61. The Morgan fingerprint density at radius 2 is 1.62 bits per heavy atom. The molecule has 1 aromatic heterocycles. The van der Waals surface area contributed by atoms with E-state index in [0.29, 0.717) is 5.56 Å². The molecule has 5 heteroatoms. The van der Waals surface area contributed by atoms with Crippen molar-refractivity contribution in [3.8, 4) is 0 Å². The Hall–Kier alpha value is -1.20.